The van der Waals surface area contributed by atoms with Crippen LogP contribution in [0.25, 0.3) is 0 Å². The van der Waals surface area contributed by atoms with E-state index in [1.54, 1.807) is 0 Å². The van der Waals surface area contributed by atoms with Gasteiger partial charge in [-0.1, -0.05) is 29.8 Å². The molecule has 0 saturated carbocycles. The molecule has 0 N–H and O–H groups in total. The molecular weight excluding hydrogens is 258 g/mol. The number of hydrogen-bond donors (Lipinski definition) is 0. The van der Waals surface area contributed by atoms with Crippen LogP contribution in [0.5, 0.6) is 5.75 Å². The first-order valence-electron chi connectivity index (χ1n) is 6.22. The maximum absolute atomic E-state index is 6.07. The minimum absolute atomic E-state index is 0.661. The first-order chi connectivity index (χ1) is 9.19. The molecule has 0 aliphatic heterocycles. The predicted molar refractivity (Wildman–Crippen MR) is 81.1 cm³/mol. The van der Waals surface area contributed by atoms with E-state index in [1.807, 2.05) is 62.5 Å². The van der Waals surface area contributed by atoms with Gasteiger partial charge in [0.05, 0.1) is 12.3 Å². The number of nitrogens with zero attached hydrogens (tertiary/aromatic N) is 1. The van der Waals surface area contributed by atoms with Crippen molar-refractivity contribution in [2.24, 2.45) is 4.99 Å². The van der Waals surface area contributed by atoms with Crippen LogP contribution >= 0.6 is 11.6 Å². The Kier molecular flexibility index (Phi) is 4.58. The topological polar surface area (TPSA) is 21.6 Å². The Bertz CT molecular complexity index is 593. The molecule has 0 aliphatic carbocycles. The molecule has 0 amide bonds. The Morgan fingerprint density at radius 1 is 1.21 bits per heavy atom. The molecule has 0 aromatic heterocycles. The molecule has 2 aromatic rings. The Labute approximate surface area is 118 Å². The lowest BCUT2D eigenvalue weighted by atomic mass is 10.2. The van der Waals surface area contributed by atoms with Crippen molar-refractivity contribution >= 4 is 23.5 Å². The van der Waals surface area contributed by atoms with Crippen molar-refractivity contribution in [3.8, 4) is 5.75 Å². The van der Waals surface area contributed by atoms with Gasteiger partial charge in [0.2, 0.25) is 0 Å². The Morgan fingerprint density at radius 2 is 2.05 bits per heavy atom. The number of aryl methyl sites for hydroxylation is 1. The summed E-state index contributed by atoms with van der Waals surface area (Å²) in [6.45, 7) is 4.60. The molecule has 0 bridgehead atoms. The molecule has 3 heteroatoms. The largest absolute Gasteiger partial charge is 0.494 e. The molecule has 0 saturated heterocycles. The van der Waals surface area contributed by atoms with E-state index in [2.05, 4.69) is 4.99 Å². The van der Waals surface area contributed by atoms with Crippen LogP contribution in [-0.4, -0.2) is 12.8 Å². The maximum atomic E-state index is 6.07. The summed E-state index contributed by atoms with van der Waals surface area (Å²) in [5.74, 6) is 0.855. The van der Waals surface area contributed by atoms with Crippen LogP contribution in [0.2, 0.25) is 5.02 Å². The monoisotopic (exact) mass is 273 g/mol. The van der Waals surface area contributed by atoms with E-state index in [4.69, 9.17) is 16.3 Å². The molecule has 2 rings (SSSR count). The predicted octanol–water partition coefficient (Wildman–Crippen LogP) is 4.80. The molecule has 0 unspecified atom stereocenters. The molecule has 2 nitrogen and oxygen atoms in total. The van der Waals surface area contributed by atoms with Crippen LogP contribution < -0.4 is 4.74 Å². The Morgan fingerprint density at radius 3 is 2.79 bits per heavy atom. The van der Waals surface area contributed by atoms with Crippen molar-refractivity contribution in [2.75, 3.05) is 6.61 Å². The smallest absolute Gasteiger partial charge is 0.119 e. The number of ether oxygens (including phenoxy) is 1. The average Bonchev–Trinajstić information content (AvgIpc) is 2.41. The van der Waals surface area contributed by atoms with Gasteiger partial charge < -0.3 is 4.74 Å². The summed E-state index contributed by atoms with van der Waals surface area (Å²) >= 11 is 6.07. The maximum Gasteiger partial charge on any atom is 0.119 e. The summed E-state index contributed by atoms with van der Waals surface area (Å²) < 4.78 is 5.45. The number of hydrogen-bond acceptors (Lipinski definition) is 2. The van der Waals surface area contributed by atoms with Gasteiger partial charge in [0.15, 0.2) is 0 Å². The number of halogens is 1. The zero-order valence-corrected chi connectivity index (χ0v) is 11.8. The third kappa shape index (κ3) is 3.83. The summed E-state index contributed by atoms with van der Waals surface area (Å²) in [6.07, 6.45) is 1.81. The van der Waals surface area contributed by atoms with E-state index in [-0.39, 0.29) is 0 Å². The minimum atomic E-state index is 0.661. The van der Waals surface area contributed by atoms with Crippen molar-refractivity contribution in [1.29, 1.82) is 0 Å². The second kappa shape index (κ2) is 6.39. The fourth-order valence-electron chi connectivity index (χ4n) is 1.66. The Hall–Kier alpha value is -1.80. The number of benzene rings is 2. The van der Waals surface area contributed by atoms with E-state index in [1.165, 1.54) is 0 Å². The van der Waals surface area contributed by atoms with Gasteiger partial charge in [-0.05, 0) is 49.2 Å². The zero-order valence-electron chi connectivity index (χ0n) is 11.1. The molecule has 98 valence electrons. The standard InChI is InChI=1S/C16H16ClNO/c1-3-19-15-6-4-5-13(9-15)11-18-14-8-7-12(2)16(17)10-14/h4-11H,3H2,1-2H3. The lowest BCUT2D eigenvalue weighted by molar-refractivity contribution is 0.340. The molecule has 0 atom stereocenters. The van der Waals surface area contributed by atoms with Crippen molar-refractivity contribution in [3.05, 3.63) is 58.6 Å². The quantitative estimate of drug-likeness (QED) is 0.734. The van der Waals surface area contributed by atoms with Gasteiger partial charge in [0, 0.05) is 11.2 Å². The summed E-state index contributed by atoms with van der Waals surface area (Å²) in [4.78, 5) is 4.41. The van der Waals surface area contributed by atoms with E-state index in [9.17, 15) is 0 Å². The lowest BCUT2D eigenvalue weighted by Gasteiger charge is -2.03. The highest BCUT2D eigenvalue weighted by Crippen LogP contribution is 2.22. The van der Waals surface area contributed by atoms with Gasteiger partial charge >= 0.3 is 0 Å². The fraction of sp³-hybridized carbons (Fsp3) is 0.188. The van der Waals surface area contributed by atoms with Crippen molar-refractivity contribution < 1.29 is 4.74 Å². The minimum Gasteiger partial charge on any atom is -0.494 e. The first kappa shape index (κ1) is 13.6. The van der Waals surface area contributed by atoms with Crippen LogP contribution in [0.1, 0.15) is 18.1 Å². The highest BCUT2D eigenvalue weighted by molar-refractivity contribution is 6.31. The van der Waals surface area contributed by atoms with Crippen LogP contribution in [0, 0.1) is 6.92 Å². The molecule has 0 aliphatic rings. The molecule has 0 radical (unpaired) electrons. The SMILES string of the molecule is CCOc1cccc(C=Nc2ccc(C)c(Cl)c2)c1. The van der Waals surface area contributed by atoms with Crippen molar-refractivity contribution in [2.45, 2.75) is 13.8 Å². The van der Waals surface area contributed by atoms with Gasteiger partial charge in [-0.15, -0.1) is 0 Å². The molecule has 2 aromatic carbocycles. The summed E-state index contributed by atoms with van der Waals surface area (Å²) in [7, 11) is 0. The van der Waals surface area contributed by atoms with Crippen molar-refractivity contribution in [1.82, 2.24) is 0 Å². The molecular formula is C16H16ClNO. The summed E-state index contributed by atoms with van der Waals surface area (Å²) in [6, 6.07) is 13.6. The molecule has 19 heavy (non-hydrogen) atoms. The van der Waals surface area contributed by atoms with Crippen LogP contribution in [0.15, 0.2) is 47.5 Å². The third-order valence-corrected chi connectivity index (χ3v) is 3.09. The second-order valence-corrected chi connectivity index (χ2v) is 4.60. The third-order valence-electron chi connectivity index (χ3n) is 2.69. The van der Waals surface area contributed by atoms with Crippen LogP contribution in [0.3, 0.4) is 0 Å². The van der Waals surface area contributed by atoms with E-state index in [0.29, 0.717) is 6.61 Å². The lowest BCUT2D eigenvalue weighted by Crippen LogP contribution is -1.91. The molecule has 0 heterocycles. The highest BCUT2D eigenvalue weighted by Gasteiger charge is 1.97. The normalized spacial score (nSPS) is 10.9. The number of aliphatic imine (C=N–C) groups is 1. The Balaban J connectivity index is 2.17. The average molecular weight is 274 g/mol. The zero-order chi connectivity index (χ0) is 13.7. The highest BCUT2D eigenvalue weighted by atomic mass is 35.5. The van der Waals surface area contributed by atoms with Gasteiger partial charge in [-0.25, -0.2) is 0 Å². The van der Waals surface area contributed by atoms with Gasteiger partial charge in [-0.2, -0.15) is 0 Å². The van der Waals surface area contributed by atoms with E-state index >= 15 is 0 Å². The summed E-state index contributed by atoms with van der Waals surface area (Å²) in [5.41, 5.74) is 2.90. The first-order valence-corrected chi connectivity index (χ1v) is 6.60. The molecule has 0 spiro atoms. The molecule has 0 fully saturated rings. The fourth-order valence-corrected chi connectivity index (χ4v) is 1.84. The van der Waals surface area contributed by atoms with E-state index in [0.717, 1.165) is 27.6 Å². The van der Waals surface area contributed by atoms with Crippen LogP contribution in [0.4, 0.5) is 5.69 Å². The van der Waals surface area contributed by atoms with Gasteiger partial charge in [0.25, 0.3) is 0 Å². The van der Waals surface area contributed by atoms with Gasteiger partial charge in [0.1, 0.15) is 5.75 Å². The summed E-state index contributed by atoms with van der Waals surface area (Å²) in [5, 5.41) is 0.734. The van der Waals surface area contributed by atoms with Gasteiger partial charge in [-0.3, -0.25) is 4.99 Å². The number of rotatable bonds is 4. The van der Waals surface area contributed by atoms with Crippen LogP contribution in [-0.2, 0) is 0 Å². The van der Waals surface area contributed by atoms with E-state index < -0.39 is 0 Å². The van der Waals surface area contributed by atoms with Crippen molar-refractivity contribution in [3.63, 3.8) is 0 Å². The second-order valence-electron chi connectivity index (χ2n) is 4.20.